The number of aryl methyl sites for hydroxylation is 2. The van der Waals surface area contributed by atoms with Gasteiger partial charge in [-0.15, -0.1) is 16.4 Å². The lowest BCUT2D eigenvalue weighted by Crippen LogP contribution is -2.10. The molecule has 0 aliphatic carbocycles. The number of hydrogen-bond donors (Lipinski definition) is 1. The molecule has 7 heteroatoms. The lowest BCUT2D eigenvalue weighted by molar-refractivity contribution is 0.197. The maximum Gasteiger partial charge on any atom is 0.227 e. The molecule has 0 aliphatic heterocycles. The highest BCUT2D eigenvalue weighted by molar-refractivity contribution is 7.18. The summed E-state index contributed by atoms with van der Waals surface area (Å²) in [5, 5.41) is 9.21. The quantitative estimate of drug-likeness (QED) is 0.521. The topological polar surface area (TPSA) is 64.3 Å². The molecule has 1 aromatic carbocycles. The van der Waals surface area contributed by atoms with Gasteiger partial charge in [-0.2, -0.15) is 4.52 Å². The third-order valence-corrected chi connectivity index (χ3v) is 5.55. The Morgan fingerprint density at radius 2 is 1.96 bits per heavy atom. The first-order chi connectivity index (χ1) is 12.7. The van der Waals surface area contributed by atoms with Gasteiger partial charge >= 0.3 is 0 Å². The fourth-order valence-corrected chi connectivity index (χ4v) is 3.98. The normalized spacial score (nSPS) is 11.5. The molecule has 0 saturated carbocycles. The minimum Gasteiger partial charge on any atom is -0.385 e. The largest absolute Gasteiger partial charge is 0.385 e. The highest BCUT2D eigenvalue weighted by Crippen LogP contribution is 2.33. The standard InChI is InChI=1S/C19H21N5OS/c1-12-13(2)26-18-15(12)17-21-16(14-8-5-4-6-9-14)23-24(17)19(22-18)20-10-7-11-25-3/h4-6,8-9H,7,10-11H2,1-3H3,(H,20,22). The van der Waals surface area contributed by atoms with Crippen LogP contribution in [0.1, 0.15) is 16.9 Å². The Hall–Kier alpha value is -2.51. The fraction of sp³-hybridized carbons (Fsp3) is 0.316. The van der Waals surface area contributed by atoms with Crippen LogP contribution in [0.2, 0.25) is 0 Å². The van der Waals surface area contributed by atoms with Gasteiger partial charge in [0.25, 0.3) is 0 Å². The van der Waals surface area contributed by atoms with Crippen molar-refractivity contribution in [2.24, 2.45) is 0 Å². The summed E-state index contributed by atoms with van der Waals surface area (Å²) < 4.78 is 6.96. The highest BCUT2D eigenvalue weighted by Gasteiger charge is 2.18. The molecule has 0 atom stereocenters. The Kier molecular flexibility index (Phi) is 4.57. The maximum absolute atomic E-state index is 5.13. The van der Waals surface area contributed by atoms with Crippen LogP contribution in [-0.2, 0) is 4.74 Å². The molecule has 0 radical (unpaired) electrons. The number of hydrogen-bond acceptors (Lipinski definition) is 6. The first-order valence-electron chi connectivity index (χ1n) is 8.63. The minimum atomic E-state index is 0.711. The van der Waals surface area contributed by atoms with E-state index < -0.39 is 0 Å². The molecular formula is C19H21N5OS. The average molecular weight is 367 g/mol. The summed E-state index contributed by atoms with van der Waals surface area (Å²) in [5.41, 5.74) is 3.07. The summed E-state index contributed by atoms with van der Waals surface area (Å²) in [6.45, 7) is 5.73. The van der Waals surface area contributed by atoms with E-state index >= 15 is 0 Å². The fourth-order valence-electron chi connectivity index (χ4n) is 2.96. The highest BCUT2D eigenvalue weighted by atomic mass is 32.1. The van der Waals surface area contributed by atoms with Crippen LogP contribution in [0.5, 0.6) is 0 Å². The van der Waals surface area contributed by atoms with Gasteiger partial charge in [0, 0.05) is 30.7 Å². The van der Waals surface area contributed by atoms with Crippen LogP contribution >= 0.6 is 11.3 Å². The number of rotatable bonds is 6. The second kappa shape index (κ2) is 7.01. The number of nitrogens with zero attached hydrogens (tertiary/aromatic N) is 4. The van der Waals surface area contributed by atoms with Crippen LogP contribution in [0.3, 0.4) is 0 Å². The Morgan fingerprint density at radius 3 is 2.73 bits per heavy atom. The summed E-state index contributed by atoms with van der Waals surface area (Å²) in [6.07, 6.45) is 0.903. The van der Waals surface area contributed by atoms with Gasteiger partial charge in [0.05, 0.1) is 5.39 Å². The third-order valence-electron chi connectivity index (χ3n) is 4.45. The lowest BCUT2D eigenvalue weighted by atomic mass is 10.2. The Balaban J connectivity index is 1.87. The number of ether oxygens (including phenoxy) is 1. The van der Waals surface area contributed by atoms with Gasteiger partial charge in [-0.3, -0.25) is 0 Å². The molecule has 0 amide bonds. The number of thiophene rings is 1. The molecule has 0 saturated heterocycles. The zero-order chi connectivity index (χ0) is 18.1. The number of methoxy groups -OCH3 is 1. The molecule has 4 aromatic rings. The maximum atomic E-state index is 5.13. The van der Waals surface area contributed by atoms with E-state index in [1.807, 2.05) is 34.8 Å². The van der Waals surface area contributed by atoms with Gasteiger partial charge in [0.1, 0.15) is 4.83 Å². The van der Waals surface area contributed by atoms with Crippen LogP contribution in [0.25, 0.3) is 27.3 Å². The second-order valence-corrected chi connectivity index (χ2v) is 7.41. The van der Waals surface area contributed by atoms with E-state index in [2.05, 4.69) is 19.2 Å². The Morgan fingerprint density at radius 1 is 1.15 bits per heavy atom. The van der Waals surface area contributed by atoms with Crippen molar-refractivity contribution in [3.05, 3.63) is 40.8 Å². The minimum absolute atomic E-state index is 0.711. The van der Waals surface area contributed by atoms with Crippen molar-refractivity contribution < 1.29 is 4.74 Å². The van der Waals surface area contributed by atoms with E-state index in [1.54, 1.807) is 18.4 Å². The van der Waals surface area contributed by atoms with Crippen molar-refractivity contribution in [3.63, 3.8) is 0 Å². The van der Waals surface area contributed by atoms with Crippen LogP contribution in [0.15, 0.2) is 30.3 Å². The van der Waals surface area contributed by atoms with E-state index in [0.717, 1.165) is 40.3 Å². The van der Waals surface area contributed by atoms with Crippen molar-refractivity contribution in [2.45, 2.75) is 20.3 Å². The average Bonchev–Trinajstić information content (AvgIpc) is 3.21. The van der Waals surface area contributed by atoms with Crippen molar-refractivity contribution in [1.29, 1.82) is 0 Å². The second-order valence-electron chi connectivity index (χ2n) is 6.21. The van der Waals surface area contributed by atoms with Gasteiger partial charge in [0.15, 0.2) is 11.5 Å². The zero-order valence-electron chi connectivity index (χ0n) is 15.1. The molecule has 4 rings (SSSR count). The Bertz CT molecular complexity index is 1050. The zero-order valence-corrected chi connectivity index (χ0v) is 15.9. The van der Waals surface area contributed by atoms with Crippen molar-refractivity contribution in [3.8, 4) is 11.4 Å². The first-order valence-corrected chi connectivity index (χ1v) is 9.45. The van der Waals surface area contributed by atoms with Crippen molar-refractivity contribution >= 4 is 33.1 Å². The van der Waals surface area contributed by atoms with Crippen LogP contribution in [0, 0.1) is 13.8 Å². The summed E-state index contributed by atoms with van der Waals surface area (Å²) in [7, 11) is 1.71. The lowest BCUT2D eigenvalue weighted by Gasteiger charge is -2.07. The van der Waals surface area contributed by atoms with E-state index in [0.29, 0.717) is 12.4 Å². The summed E-state index contributed by atoms with van der Waals surface area (Å²) in [5.74, 6) is 1.43. The number of aromatic nitrogens is 4. The predicted molar refractivity (Wildman–Crippen MR) is 106 cm³/mol. The summed E-state index contributed by atoms with van der Waals surface area (Å²) in [6, 6.07) is 10.0. The predicted octanol–water partition coefficient (Wildman–Crippen LogP) is 4.07. The molecule has 1 N–H and O–H groups in total. The molecule has 26 heavy (non-hydrogen) atoms. The molecular weight excluding hydrogens is 346 g/mol. The smallest absolute Gasteiger partial charge is 0.227 e. The number of fused-ring (bicyclic) bond motifs is 3. The van der Waals surface area contributed by atoms with Gasteiger partial charge in [-0.1, -0.05) is 30.3 Å². The Labute approximate surface area is 155 Å². The van der Waals surface area contributed by atoms with E-state index in [-0.39, 0.29) is 0 Å². The SMILES string of the molecule is COCCCNc1nc2sc(C)c(C)c2c2nc(-c3ccccc3)nn12. The number of benzene rings is 1. The van der Waals surface area contributed by atoms with E-state index in [1.165, 1.54) is 10.4 Å². The molecule has 0 unspecified atom stereocenters. The first kappa shape index (κ1) is 16.9. The molecule has 0 aliphatic rings. The van der Waals surface area contributed by atoms with Crippen molar-refractivity contribution in [2.75, 3.05) is 25.6 Å². The molecule has 0 bridgehead atoms. The van der Waals surface area contributed by atoms with Crippen molar-refractivity contribution in [1.82, 2.24) is 19.6 Å². The number of nitrogens with one attached hydrogen (secondary N) is 1. The summed E-state index contributed by atoms with van der Waals surface area (Å²) >= 11 is 1.70. The van der Waals surface area contributed by atoms with Gasteiger partial charge in [0.2, 0.25) is 5.95 Å². The van der Waals surface area contributed by atoms with Gasteiger partial charge in [-0.25, -0.2) is 9.97 Å². The molecule has 134 valence electrons. The third kappa shape index (κ3) is 2.93. The van der Waals surface area contributed by atoms with Crippen LogP contribution in [0.4, 0.5) is 5.95 Å². The molecule has 3 heterocycles. The number of anilines is 1. The molecule has 0 spiro atoms. The van der Waals surface area contributed by atoms with E-state index in [4.69, 9.17) is 19.8 Å². The molecule has 0 fully saturated rings. The van der Waals surface area contributed by atoms with Crippen LogP contribution in [-0.4, -0.2) is 39.8 Å². The molecule has 6 nitrogen and oxygen atoms in total. The van der Waals surface area contributed by atoms with Crippen LogP contribution < -0.4 is 5.32 Å². The monoisotopic (exact) mass is 367 g/mol. The molecule has 3 aromatic heterocycles. The van der Waals surface area contributed by atoms with E-state index in [9.17, 15) is 0 Å². The summed E-state index contributed by atoms with van der Waals surface area (Å²) in [4.78, 5) is 11.9. The van der Waals surface area contributed by atoms with Gasteiger partial charge < -0.3 is 10.1 Å². The van der Waals surface area contributed by atoms with Gasteiger partial charge in [-0.05, 0) is 25.8 Å².